The maximum absolute atomic E-state index is 12.1. The average molecular weight is 409 g/mol. The summed E-state index contributed by atoms with van der Waals surface area (Å²) in [5.41, 5.74) is 0.890. The van der Waals surface area contributed by atoms with Crippen LogP contribution in [0.3, 0.4) is 0 Å². The molecule has 2 rings (SSSR count). The SMILES string of the molecule is Cc1cc(NC(=S)NC(=O)c2cccc(Br)c2)cc(C(=O)O)c1O. The van der Waals surface area contributed by atoms with Crippen molar-refractivity contribution in [2.24, 2.45) is 0 Å². The van der Waals surface area contributed by atoms with E-state index in [0.29, 0.717) is 16.8 Å². The molecule has 0 unspecified atom stereocenters. The number of thiocarbonyl (C=S) groups is 1. The van der Waals surface area contributed by atoms with Crippen LogP contribution in [0.1, 0.15) is 26.3 Å². The first-order chi connectivity index (χ1) is 11.3. The van der Waals surface area contributed by atoms with E-state index in [1.807, 2.05) is 0 Å². The van der Waals surface area contributed by atoms with Gasteiger partial charge in [-0.15, -0.1) is 0 Å². The molecule has 24 heavy (non-hydrogen) atoms. The van der Waals surface area contributed by atoms with Gasteiger partial charge >= 0.3 is 5.97 Å². The molecule has 0 heterocycles. The average Bonchev–Trinajstić information content (AvgIpc) is 2.50. The summed E-state index contributed by atoms with van der Waals surface area (Å²) in [6.07, 6.45) is 0. The minimum absolute atomic E-state index is 0.0152. The number of hydrogen-bond donors (Lipinski definition) is 4. The fraction of sp³-hybridized carbons (Fsp3) is 0.0625. The van der Waals surface area contributed by atoms with Crippen LogP contribution < -0.4 is 10.6 Å². The third-order valence-electron chi connectivity index (χ3n) is 3.10. The number of aromatic carboxylic acids is 1. The highest BCUT2D eigenvalue weighted by atomic mass is 79.9. The van der Waals surface area contributed by atoms with Crippen molar-refractivity contribution in [1.82, 2.24) is 5.32 Å². The number of carboxylic acid groups (broad SMARTS) is 1. The molecule has 0 radical (unpaired) electrons. The summed E-state index contributed by atoms with van der Waals surface area (Å²) in [6.45, 7) is 1.57. The number of carbonyl (C=O) groups excluding carboxylic acids is 1. The Morgan fingerprint density at radius 1 is 1.21 bits per heavy atom. The first kappa shape index (κ1) is 17.9. The highest BCUT2D eigenvalue weighted by Gasteiger charge is 2.14. The molecule has 0 aliphatic heterocycles. The van der Waals surface area contributed by atoms with Gasteiger partial charge in [0.25, 0.3) is 5.91 Å². The van der Waals surface area contributed by atoms with Crippen LogP contribution in [-0.4, -0.2) is 27.2 Å². The van der Waals surface area contributed by atoms with E-state index in [0.717, 1.165) is 4.47 Å². The first-order valence-corrected chi connectivity index (χ1v) is 7.93. The van der Waals surface area contributed by atoms with E-state index in [2.05, 4.69) is 26.6 Å². The molecule has 0 aliphatic rings. The summed E-state index contributed by atoms with van der Waals surface area (Å²) in [5.74, 6) is -1.97. The Bertz CT molecular complexity index is 839. The summed E-state index contributed by atoms with van der Waals surface area (Å²) in [5, 5.41) is 24.1. The second-order valence-corrected chi connectivity index (χ2v) is 6.24. The Hall–Kier alpha value is -2.45. The molecule has 4 N–H and O–H groups in total. The van der Waals surface area contributed by atoms with Gasteiger partial charge in [-0.2, -0.15) is 0 Å². The zero-order chi connectivity index (χ0) is 17.9. The Labute approximate surface area is 151 Å². The lowest BCUT2D eigenvalue weighted by Gasteiger charge is -2.12. The van der Waals surface area contributed by atoms with Gasteiger partial charge in [0.05, 0.1) is 0 Å². The predicted molar refractivity (Wildman–Crippen MR) is 97.6 cm³/mol. The number of halogens is 1. The fourth-order valence-electron chi connectivity index (χ4n) is 1.98. The van der Waals surface area contributed by atoms with Crippen LogP contribution in [0.2, 0.25) is 0 Å². The molecular weight excluding hydrogens is 396 g/mol. The first-order valence-electron chi connectivity index (χ1n) is 6.72. The maximum atomic E-state index is 12.1. The summed E-state index contributed by atoms with van der Waals surface area (Å²) in [4.78, 5) is 23.2. The lowest BCUT2D eigenvalue weighted by Crippen LogP contribution is -2.34. The molecule has 0 saturated carbocycles. The van der Waals surface area contributed by atoms with Gasteiger partial charge in [0.15, 0.2) is 5.11 Å². The number of phenols is 1. The molecule has 6 nitrogen and oxygen atoms in total. The zero-order valence-electron chi connectivity index (χ0n) is 12.5. The van der Waals surface area contributed by atoms with Gasteiger partial charge in [0, 0.05) is 15.7 Å². The van der Waals surface area contributed by atoms with Gasteiger partial charge in [0.1, 0.15) is 11.3 Å². The standard InChI is InChI=1S/C16H13BrN2O4S/c1-8-5-11(7-12(13(8)20)15(22)23)18-16(24)19-14(21)9-3-2-4-10(17)6-9/h2-7,20H,1H3,(H,22,23)(H2,18,19,21,24). The van der Waals surface area contributed by atoms with Crippen molar-refractivity contribution >= 4 is 50.8 Å². The van der Waals surface area contributed by atoms with Gasteiger partial charge in [-0.3, -0.25) is 10.1 Å². The second kappa shape index (κ2) is 7.41. The molecule has 0 atom stereocenters. The van der Waals surface area contributed by atoms with E-state index >= 15 is 0 Å². The molecule has 2 aromatic carbocycles. The molecule has 8 heteroatoms. The van der Waals surface area contributed by atoms with Gasteiger partial charge < -0.3 is 15.5 Å². The Morgan fingerprint density at radius 2 is 1.92 bits per heavy atom. The van der Waals surface area contributed by atoms with Crippen molar-refractivity contribution in [1.29, 1.82) is 0 Å². The van der Waals surface area contributed by atoms with E-state index < -0.39 is 11.9 Å². The molecule has 124 valence electrons. The van der Waals surface area contributed by atoms with E-state index in [1.165, 1.54) is 12.1 Å². The van der Waals surface area contributed by atoms with Crippen LogP contribution in [0.4, 0.5) is 5.69 Å². The normalized spacial score (nSPS) is 10.1. The van der Waals surface area contributed by atoms with Gasteiger partial charge in [-0.25, -0.2) is 4.79 Å². The van der Waals surface area contributed by atoms with E-state index in [-0.39, 0.29) is 16.4 Å². The Balaban J connectivity index is 2.13. The van der Waals surface area contributed by atoms with Crippen molar-refractivity contribution in [3.63, 3.8) is 0 Å². The van der Waals surface area contributed by atoms with E-state index in [9.17, 15) is 14.7 Å². The number of benzene rings is 2. The van der Waals surface area contributed by atoms with Crippen molar-refractivity contribution in [2.45, 2.75) is 6.92 Å². The molecule has 0 spiro atoms. The number of anilines is 1. The van der Waals surface area contributed by atoms with E-state index in [1.54, 1.807) is 31.2 Å². The molecule has 1 amide bonds. The quantitative estimate of drug-likeness (QED) is 0.459. The number of nitrogens with one attached hydrogen (secondary N) is 2. The summed E-state index contributed by atoms with van der Waals surface area (Å²) >= 11 is 8.34. The summed E-state index contributed by atoms with van der Waals surface area (Å²) < 4.78 is 0.759. The number of hydrogen-bond acceptors (Lipinski definition) is 4. The number of rotatable bonds is 3. The number of amides is 1. The fourth-order valence-corrected chi connectivity index (χ4v) is 2.59. The molecule has 0 aliphatic carbocycles. The van der Waals surface area contributed by atoms with Crippen LogP contribution in [0, 0.1) is 6.92 Å². The van der Waals surface area contributed by atoms with Crippen LogP contribution >= 0.6 is 28.1 Å². The van der Waals surface area contributed by atoms with Crippen LogP contribution in [-0.2, 0) is 0 Å². The largest absolute Gasteiger partial charge is 0.507 e. The molecule has 2 aromatic rings. The molecular formula is C16H13BrN2O4S. The predicted octanol–water partition coefficient (Wildman–Crippen LogP) is 3.29. The third-order valence-corrected chi connectivity index (χ3v) is 3.80. The highest BCUT2D eigenvalue weighted by Crippen LogP contribution is 2.26. The number of aromatic hydroxyl groups is 1. The monoisotopic (exact) mass is 408 g/mol. The van der Waals surface area contributed by atoms with Gasteiger partial charge in [0.2, 0.25) is 0 Å². The number of carbonyl (C=O) groups is 2. The van der Waals surface area contributed by atoms with Crippen LogP contribution in [0.5, 0.6) is 5.75 Å². The number of aryl methyl sites for hydroxylation is 1. The zero-order valence-corrected chi connectivity index (χ0v) is 14.9. The smallest absolute Gasteiger partial charge is 0.339 e. The van der Waals surface area contributed by atoms with Crippen molar-refractivity contribution in [3.05, 3.63) is 57.6 Å². The molecule has 0 bridgehead atoms. The maximum Gasteiger partial charge on any atom is 0.339 e. The summed E-state index contributed by atoms with van der Waals surface area (Å²) in [7, 11) is 0. The van der Waals surface area contributed by atoms with Gasteiger partial charge in [-0.05, 0) is 55.0 Å². The minimum Gasteiger partial charge on any atom is -0.507 e. The highest BCUT2D eigenvalue weighted by molar-refractivity contribution is 9.10. The van der Waals surface area contributed by atoms with E-state index in [4.69, 9.17) is 17.3 Å². The Kier molecular flexibility index (Phi) is 5.53. The van der Waals surface area contributed by atoms with Crippen molar-refractivity contribution in [3.8, 4) is 5.75 Å². The lowest BCUT2D eigenvalue weighted by atomic mass is 10.1. The second-order valence-electron chi connectivity index (χ2n) is 4.91. The van der Waals surface area contributed by atoms with Crippen molar-refractivity contribution in [2.75, 3.05) is 5.32 Å². The minimum atomic E-state index is -1.26. The van der Waals surface area contributed by atoms with Crippen LogP contribution in [0.25, 0.3) is 0 Å². The molecule has 0 fully saturated rings. The van der Waals surface area contributed by atoms with Crippen molar-refractivity contribution < 1.29 is 19.8 Å². The van der Waals surface area contributed by atoms with Gasteiger partial charge in [-0.1, -0.05) is 22.0 Å². The Morgan fingerprint density at radius 3 is 2.54 bits per heavy atom. The molecule has 0 saturated heterocycles. The third kappa shape index (κ3) is 4.30. The molecule has 0 aromatic heterocycles. The number of carboxylic acids is 1. The van der Waals surface area contributed by atoms with Crippen LogP contribution in [0.15, 0.2) is 40.9 Å². The summed E-state index contributed by atoms with van der Waals surface area (Å²) in [6, 6.07) is 9.56. The topological polar surface area (TPSA) is 98.7 Å². The lowest BCUT2D eigenvalue weighted by molar-refractivity contribution is 0.0693.